The molecule has 2 rings (SSSR count). The van der Waals surface area contributed by atoms with Crippen LogP contribution in [0.5, 0.6) is 11.5 Å². The molecule has 7 heteroatoms. The van der Waals surface area contributed by atoms with Crippen LogP contribution in [0.25, 0.3) is 0 Å². The van der Waals surface area contributed by atoms with Crippen molar-refractivity contribution in [2.45, 2.75) is 0 Å². The summed E-state index contributed by atoms with van der Waals surface area (Å²) in [7, 11) is 1.50. The Bertz CT molecular complexity index is 739. The number of amides is 1. The van der Waals surface area contributed by atoms with Crippen LogP contribution < -0.4 is 14.9 Å². The minimum Gasteiger partial charge on any atom is -0.493 e. The minimum absolute atomic E-state index is 0.0645. The lowest BCUT2D eigenvalue weighted by Gasteiger charge is -2.08. The predicted octanol–water partition coefficient (Wildman–Crippen LogP) is 1.76. The molecule has 0 saturated carbocycles. The van der Waals surface area contributed by atoms with Gasteiger partial charge < -0.3 is 9.47 Å². The number of nitrogens with one attached hydrogen (secondary N) is 1. The number of rotatable bonds is 6. The fraction of sp³-hybridized carbons (Fsp3) is 0.125. The smallest absolute Gasteiger partial charge is 0.272 e. The molecule has 0 saturated heterocycles. The number of hydrogen-bond acceptors (Lipinski definition) is 6. The molecule has 0 spiro atoms. The van der Waals surface area contributed by atoms with Gasteiger partial charge in [0.2, 0.25) is 0 Å². The van der Waals surface area contributed by atoms with Gasteiger partial charge in [-0.15, -0.1) is 0 Å². The summed E-state index contributed by atoms with van der Waals surface area (Å²) in [5.74, 6) is 0.587. The highest BCUT2D eigenvalue weighted by Gasteiger charge is 2.05. The number of nitriles is 1. The van der Waals surface area contributed by atoms with Crippen molar-refractivity contribution in [3.63, 3.8) is 0 Å². The first-order valence-corrected chi connectivity index (χ1v) is 6.66. The van der Waals surface area contributed by atoms with Gasteiger partial charge in [-0.2, -0.15) is 10.4 Å². The van der Waals surface area contributed by atoms with Crippen LogP contribution in [0.1, 0.15) is 15.9 Å². The molecule has 0 atom stereocenters. The highest BCUT2D eigenvalue weighted by molar-refractivity contribution is 5.94. The van der Waals surface area contributed by atoms with E-state index in [0.29, 0.717) is 22.6 Å². The van der Waals surface area contributed by atoms with Crippen molar-refractivity contribution in [3.8, 4) is 17.6 Å². The highest BCUT2D eigenvalue weighted by atomic mass is 16.5. The minimum atomic E-state index is -0.352. The third-order valence-electron chi connectivity index (χ3n) is 2.78. The van der Waals surface area contributed by atoms with E-state index in [1.54, 1.807) is 36.5 Å². The molecule has 0 unspecified atom stereocenters. The van der Waals surface area contributed by atoms with Crippen LogP contribution >= 0.6 is 0 Å². The van der Waals surface area contributed by atoms with Crippen molar-refractivity contribution < 1.29 is 14.3 Å². The van der Waals surface area contributed by atoms with Crippen molar-refractivity contribution in [1.82, 2.24) is 10.4 Å². The lowest BCUT2D eigenvalue weighted by molar-refractivity contribution is 0.0955. The van der Waals surface area contributed by atoms with Crippen molar-refractivity contribution >= 4 is 12.1 Å². The van der Waals surface area contributed by atoms with Gasteiger partial charge in [0.15, 0.2) is 18.1 Å². The molecule has 1 N–H and O–H groups in total. The van der Waals surface area contributed by atoms with E-state index >= 15 is 0 Å². The zero-order chi connectivity index (χ0) is 16.5. The van der Waals surface area contributed by atoms with E-state index in [-0.39, 0.29) is 12.5 Å². The molecular weight excluding hydrogens is 296 g/mol. The average molecular weight is 310 g/mol. The number of hydrazone groups is 1. The second kappa shape index (κ2) is 8.14. The van der Waals surface area contributed by atoms with E-state index < -0.39 is 0 Å². The summed E-state index contributed by atoms with van der Waals surface area (Å²) in [6.45, 7) is -0.0645. The molecule has 0 aliphatic rings. The largest absolute Gasteiger partial charge is 0.493 e. The summed E-state index contributed by atoms with van der Waals surface area (Å²) >= 11 is 0. The van der Waals surface area contributed by atoms with Gasteiger partial charge in [0.25, 0.3) is 5.91 Å². The van der Waals surface area contributed by atoms with Crippen LogP contribution in [0, 0.1) is 11.3 Å². The van der Waals surface area contributed by atoms with Gasteiger partial charge in [0.1, 0.15) is 6.07 Å². The van der Waals surface area contributed by atoms with Crippen LogP contribution in [0.3, 0.4) is 0 Å². The van der Waals surface area contributed by atoms with Crippen LogP contribution in [-0.4, -0.2) is 30.8 Å². The summed E-state index contributed by atoms with van der Waals surface area (Å²) in [4.78, 5) is 15.7. The third-order valence-corrected chi connectivity index (χ3v) is 2.78. The lowest BCUT2D eigenvalue weighted by atomic mass is 10.2. The van der Waals surface area contributed by atoms with E-state index in [2.05, 4.69) is 15.5 Å². The summed E-state index contributed by atoms with van der Waals surface area (Å²) < 4.78 is 10.4. The molecule has 23 heavy (non-hydrogen) atoms. The highest BCUT2D eigenvalue weighted by Crippen LogP contribution is 2.27. The quantitative estimate of drug-likeness (QED) is 0.647. The molecule has 0 radical (unpaired) electrons. The number of pyridine rings is 1. The van der Waals surface area contributed by atoms with Crippen LogP contribution in [0.15, 0.2) is 47.8 Å². The Morgan fingerprint density at radius 2 is 2.30 bits per heavy atom. The lowest BCUT2D eigenvalue weighted by Crippen LogP contribution is -2.17. The maximum Gasteiger partial charge on any atom is 0.272 e. The van der Waals surface area contributed by atoms with Crippen molar-refractivity contribution in [1.29, 1.82) is 5.26 Å². The van der Waals surface area contributed by atoms with Crippen LogP contribution in [-0.2, 0) is 0 Å². The molecular formula is C16H14N4O3. The first-order chi connectivity index (χ1) is 11.2. The average Bonchev–Trinajstić information content (AvgIpc) is 2.61. The summed E-state index contributed by atoms with van der Waals surface area (Å²) in [5.41, 5.74) is 3.53. The van der Waals surface area contributed by atoms with E-state index in [0.717, 1.165) is 0 Å². The number of carbonyl (C=O) groups is 1. The fourth-order valence-corrected chi connectivity index (χ4v) is 1.72. The van der Waals surface area contributed by atoms with Crippen molar-refractivity contribution in [2.75, 3.05) is 13.7 Å². The van der Waals surface area contributed by atoms with E-state index in [9.17, 15) is 4.79 Å². The fourth-order valence-electron chi connectivity index (χ4n) is 1.72. The number of methoxy groups -OCH3 is 1. The summed E-state index contributed by atoms with van der Waals surface area (Å²) in [6.07, 6.45) is 4.52. The first-order valence-electron chi connectivity index (χ1n) is 6.66. The van der Waals surface area contributed by atoms with Gasteiger partial charge in [-0.25, -0.2) is 5.43 Å². The number of benzene rings is 1. The Kier molecular flexibility index (Phi) is 5.66. The molecule has 1 aromatic carbocycles. The normalized spacial score (nSPS) is 10.1. The number of carbonyl (C=O) groups excluding carboxylic acids is 1. The third kappa shape index (κ3) is 4.54. The van der Waals surface area contributed by atoms with Crippen molar-refractivity contribution in [3.05, 3.63) is 53.9 Å². The maximum absolute atomic E-state index is 11.8. The zero-order valence-corrected chi connectivity index (χ0v) is 12.4. The van der Waals surface area contributed by atoms with E-state index in [1.165, 1.54) is 19.5 Å². The Hall–Kier alpha value is -3.40. The summed E-state index contributed by atoms with van der Waals surface area (Å²) in [5, 5.41) is 12.4. The molecule has 2 aromatic rings. The zero-order valence-electron chi connectivity index (χ0n) is 12.4. The van der Waals surface area contributed by atoms with E-state index in [1.807, 2.05) is 6.07 Å². The Labute approximate surface area is 133 Å². The Morgan fingerprint density at radius 1 is 1.43 bits per heavy atom. The molecule has 7 nitrogen and oxygen atoms in total. The number of nitrogens with zero attached hydrogens (tertiary/aromatic N) is 3. The van der Waals surface area contributed by atoms with Gasteiger partial charge >= 0.3 is 0 Å². The maximum atomic E-state index is 11.8. The van der Waals surface area contributed by atoms with Gasteiger partial charge in [-0.05, 0) is 35.9 Å². The number of ether oxygens (including phenoxy) is 2. The molecule has 0 fully saturated rings. The van der Waals surface area contributed by atoms with Gasteiger partial charge in [0, 0.05) is 12.4 Å². The second-order valence-corrected chi connectivity index (χ2v) is 4.30. The summed E-state index contributed by atoms with van der Waals surface area (Å²) in [6, 6.07) is 10.3. The standard InChI is InChI=1S/C16H14N4O3/c1-22-15-9-12(4-5-14(15)23-8-6-17)10-19-20-16(21)13-3-2-7-18-11-13/h2-5,7,9-11H,8H2,1H3,(H,20,21). The predicted molar refractivity (Wildman–Crippen MR) is 83.4 cm³/mol. The monoisotopic (exact) mass is 310 g/mol. The van der Waals surface area contributed by atoms with Gasteiger partial charge in [-0.1, -0.05) is 0 Å². The first kappa shape index (κ1) is 16.0. The molecule has 116 valence electrons. The number of aromatic nitrogens is 1. The Morgan fingerprint density at radius 3 is 3.00 bits per heavy atom. The molecule has 0 bridgehead atoms. The molecule has 1 aromatic heterocycles. The Balaban J connectivity index is 2.02. The van der Waals surface area contributed by atoms with Gasteiger partial charge in [-0.3, -0.25) is 9.78 Å². The number of hydrogen-bond donors (Lipinski definition) is 1. The molecule has 1 amide bonds. The van der Waals surface area contributed by atoms with Crippen LogP contribution in [0.2, 0.25) is 0 Å². The van der Waals surface area contributed by atoms with Crippen LogP contribution in [0.4, 0.5) is 0 Å². The topological polar surface area (TPSA) is 96.6 Å². The van der Waals surface area contributed by atoms with E-state index in [4.69, 9.17) is 14.7 Å². The second-order valence-electron chi connectivity index (χ2n) is 4.30. The molecule has 1 heterocycles. The molecule has 0 aliphatic carbocycles. The van der Waals surface area contributed by atoms with Gasteiger partial charge in [0.05, 0.1) is 18.9 Å². The SMILES string of the molecule is COc1cc(C=NNC(=O)c2cccnc2)ccc1OCC#N. The van der Waals surface area contributed by atoms with Crippen molar-refractivity contribution in [2.24, 2.45) is 5.10 Å². The molecule has 0 aliphatic heterocycles.